The highest BCUT2D eigenvalue weighted by Gasteiger charge is 2.35. The van der Waals surface area contributed by atoms with E-state index < -0.39 is 11.8 Å². The van der Waals surface area contributed by atoms with Gasteiger partial charge in [-0.25, -0.2) is 4.39 Å². The van der Waals surface area contributed by atoms with Crippen LogP contribution in [0.25, 0.3) is 33.0 Å². The molecule has 150 valence electrons. The third-order valence-corrected chi connectivity index (χ3v) is 5.51. The van der Waals surface area contributed by atoms with Gasteiger partial charge >= 0.3 is 0 Å². The summed E-state index contributed by atoms with van der Waals surface area (Å²) in [4.78, 5) is 28.8. The third kappa shape index (κ3) is 2.74. The van der Waals surface area contributed by atoms with Gasteiger partial charge in [-0.2, -0.15) is 0 Å². The maximum absolute atomic E-state index is 14.0. The number of carbonyl (C=O) groups is 2. The molecule has 0 fully saturated rings. The summed E-state index contributed by atoms with van der Waals surface area (Å²) in [6.07, 6.45) is 4.26. The number of imide groups is 1. The van der Waals surface area contributed by atoms with Gasteiger partial charge in [0, 0.05) is 46.4 Å². The Labute approximate surface area is 171 Å². The van der Waals surface area contributed by atoms with E-state index in [2.05, 4.69) is 10.3 Å². The molecule has 0 saturated heterocycles. The second kappa shape index (κ2) is 6.96. The van der Waals surface area contributed by atoms with E-state index in [1.54, 1.807) is 12.3 Å². The number of hydrogen-bond acceptors (Lipinski definition) is 3. The molecular weight excluding hydrogens is 383 g/mol. The molecule has 6 nitrogen and oxygen atoms in total. The first kappa shape index (κ1) is 18.3. The van der Waals surface area contributed by atoms with Gasteiger partial charge in [-0.05, 0) is 37.2 Å². The van der Waals surface area contributed by atoms with Crippen LogP contribution in [0, 0.1) is 5.82 Å². The Morgan fingerprint density at radius 3 is 2.53 bits per heavy atom. The summed E-state index contributed by atoms with van der Waals surface area (Å²) in [6.45, 7) is 1.08. The van der Waals surface area contributed by atoms with Crippen molar-refractivity contribution in [2.45, 2.75) is 13.0 Å². The zero-order valence-electron chi connectivity index (χ0n) is 16.0. The quantitative estimate of drug-likeness (QED) is 0.448. The Balaban J connectivity index is 1.80. The van der Waals surface area contributed by atoms with Crippen molar-refractivity contribution in [1.29, 1.82) is 0 Å². The molecule has 0 saturated carbocycles. The molecule has 2 aromatic carbocycles. The van der Waals surface area contributed by atoms with E-state index in [-0.39, 0.29) is 5.82 Å². The van der Waals surface area contributed by atoms with Crippen LogP contribution in [0.5, 0.6) is 0 Å². The molecule has 0 bridgehead atoms. The second-order valence-electron chi connectivity index (χ2n) is 7.32. The van der Waals surface area contributed by atoms with E-state index in [9.17, 15) is 14.0 Å². The van der Waals surface area contributed by atoms with Crippen LogP contribution < -0.4 is 11.1 Å². The molecule has 2 amide bonds. The predicted octanol–water partition coefficient (Wildman–Crippen LogP) is 3.18. The maximum atomic E-state index is 14.0. The van der Waals surface area contributed by atoms with Crippen LogP contribution in [0.15, 0.2) is 54.9 Å². The molecule has 7 heteroatoms. The average Bonchev–Trinajstić information content (AvgIpc) is 3.39. The lowest BCUT2D eigenvalue weighted by molar-refractivity contribution is -0.122. The van der Waals surface area contributed by atoms with Crippen LogP contribution in [-0.2, 0) is 16.1 Å². The molecule has 1 aliphatic rings. The van der Waals surface area contributed by atoms with Gasteiger partial charge in [0.05, 0.1) is 16.7 Å². The first-order chi connectivity index (χ1) is 14.6. The Kier molecular flexibility index (Phi) is 4.25. The highest BCUT2D eigenvalue weighted by molar-refractivity contribution is 6.50. The zero-order chi connectivity index (χ0) is 20.8. The van der Waals surface area contributed by atoms with E-state index in [1.807, 2.05) is 35.0 Å². The number of nitrogens with zero attached hydrogens (tertiary/aromatic N) is 1. The SMILES string of the molecule is NCCCn1cc(C2=C(c3c[nH]c4ccccc34)C(=O)NC2=O)c2ccc(F)cc21. The number of nitrogens with two attached hydrogens (primary N) is 1. The van der Waals surface area contributed by atoms with Crippen molar-refractivity contribution < 1.29 is 14.0 Å². The van der Waals surface area contributed by atoms with Crippen molar-refractivity contribution in [2.75, 3.05) is 6.54 Å². The lowest BCUT2D eigenvalue weighted by atomic mass is 9.95. The van der Waals surface area contributed by atoms with Crippen molar-refractivity contribution >= 4 is 44.8 Å². The van der Waals surface area contributed by atoms with Gasteiger partial charge in [0.2, 0.25) is 0 Å². The Hall–Kier alpha value is -3.71. The molecule has 4 N–H and O–H groups in total. The van der Waals surface area contributed by atoms with Crippen molar-refractivity contribution in [3.05, 3.63) is 71.8 Å². The van der Waals surface area contributed by atoms with Crippen LogP contribution in [0.3, 0.4) is 0 Å². The number of benzene rings is 2. The highest BCUT2D eigenvalue weighted by atomic mass is 19.1. The Morgan fingerprint density at radius 1 is 0.967 bits per heavy atom. The molecule has 0 aliphatic carbocycles. The van der Waals surface area contributed by atoms with E-state index >= 15 is 0 Å². The van der Waals surface area contributed by atoms with Gasteiger partial charge in [-0.3, -0.25) is 14.9 Å². The van der Waals surface area contributed by atoms with Crippen molar-refractivity contribution in [3.63, 3.8) is 0 Å². The Bertz CT molecular complexity index is 1360. The summed E-state index contributed by atoms with van der Waals surface area (Å²) < 4.78 is 15.8. The number of amides is 2. The lowest BCUT2D eigenvalue weighted by Gasteiger charge is -2.03. The topological polar surface area (TPSA) is 92.9 Å². The third-order valence-electron chi connectivity index (χ3n) is 5.51. The fourth-order valence-electron chi connectivity index (χ4n) is 4.16. The minimum Gasteiger partial charge on any atom is -0.361 e. The smallest absolute Gasteiger partial charge is 0.259 e. The minimum atomic E-state index is -0.456. The first-order valence-corrected chi connectivity index (χ1v) is 9.73. The van der Waals surface area contributed by atoms with Gasteiger partial charge in [0.15, 0.2) is 0 Å². The molecule has 30 heavy (non-hydrogen) atoms. The molecule has 0 spiro atoms. The number of H-pyrrole nitrogens is 1. The molecular formula is C23H19FN4O2. The van der Waals surface area contributed by atoms with Gasteiger partial charge < -0.3 is 15.3 Å². The van der Waals surface area contributed by atoms with Crippen LogP contribution in [0.2, 0.25) is 0 Å². The standard InChI is InChI=1S/C23H19FN4O2/c24-13-6-7-15-17(12-28(9-3-8-25)19(15)10-13)21-20(22(29)27-23(21)30)16-11-26-18-5-2-1-4-14(16)18/h1-2,4-7,10-12,26H,3,8-9,25H2,(H,27,29,30). The van der Waals surface area contributed by atoms with E-state index in [0.29, 0.717) is 52.7 Å². The summed E-state index contributed by atoms with van der Waals surface area (Å²) in [6, 6.07) is 12.1. The summed E-state index contributed by atoms with van der Waals surface area (Å²) in [7, 11) is 0. The number of fused-ring (bicyclic) bond motifs is 2. The van der Waals surface area contributed by atoms with E-state index in [1.165, 1.54) is 12.1 Å². The lowest BCUT2D eigenvalue weighted by Crippen LogP contribution is -2.22. The zero-order valence-corrected chi connectivity index (χ0v) is 16.0. The van der Waals surface area contributed by atoms with E-state index in [4.69, 9.17) is 5.73 Å². The summed E-state index contributed by atoms with van der Waals surface area (Å²) in [5.41, 5.74) is 9.07. The summed E-state index contributed by atoms with van der Waals surface area (Å²) in [5, 5.41) is 4.00. The summed E-state index contributed by atoms with van der Waals surface area (Å²) >= 11 is 0. The number of para-hydroxylation sites is 1. The molecule has 3 heterocycles. The van der Waals surface area contributed by atoms with Gasteiger partial charge in [-0.1, -0.05) is 18.2 Å². The normalized spacial score (nSPS) is 14.3. The summed E-state index contributed by atoms with van der Waals surface area (Å²) in [5.74, 6) is -1.26. The van der Waals surface area contributed by atoms with Crippen LogP contribution in [-0.4, -0.2) is 27.9 Å². The van der Waals surface area contributed by atoms with Crippen LogP contribution >= 0.6 is 0 Å². The molecule has 0 unspecified atom stereocenters. The van der Waals surface area contributed by atoms with Crippen molar-refractivity contribution in [2.24, 2.45) is 5.73 Å². The van der Waals surface area contributed by atoms with Crippen LogP contribution in [0.1, 0.15) is 17.5 Å². The molecule has 2 aromatic heterocycles. The van der Waals surface area contributed by atoms with Crippen molar-refractivity contribution in [1.82, 2.24) is 14.9 Å². The second-order valence-corrected chi connectivity index (χ2v) is 7.32. The number of nitrogens with one attached hydrogen (secondary N) is 2. The predicted molar refractivity (Wildman–Crippen MR) is 114 cm³/mol. The Morgan fingerprint density at radius 2 is 1.73 bits per heavy atom. The fourth-order valence-corrected chi connectivity index (χ4v) is 4.16. The van der Waals surface area contributed by atoms with Crippen molar-refractivity contribution in [3.8, 4) is 0 Å². The number of halogens is 1. The molecule has 1 aliphatic heterocycles. The number of aryl methyl sites for hydroxylation is 1. The fraction of sp³-hybridized carbons (Fsp3) is 0.130. The maximum Gasteiger partial charge on any atom is 0.259 e. The highest BCUT2D eigenvalue weighted by Crippen LogP contribution is 2.38. The van der Waals surface area contributed by atoms with Gasteiger partial charge in [-0.15, -0.1) is 0 Å². The van der Waals surface area contributed by atoms with Crippen LogP contribution in [0.4, 0.5) is 4.39 Å². The molecule has 5 rings (SSSR count). The number of hydrogen-bond donors (Lipinski definition) is 3. The number of rotatable bonds is 5. The first-order valence-electron chi connectivity index (χ1n) is 9.73. The van der Waals surface area contributed by atoms with E-state index in [0.717, 1.165) is 10.9 Å². The number of aromatic amines is 1. The number of aromatic nitrogens is 2. The molecule has 0 atom stereocenters. The average molecular weight is 402 g/mol. The van der Waals surface area contributed by atoms with Gasteiger partial charge in [0.1, 0.15) is 5.82 Å². The minimum absolute atomic E-state index is 0.299. The largest absolute Gasteiger partial charge is 0.361 e. The monoisotopic (exact) mass is 402 g/mol. The number of carbonyl (C=O) groups excluding carboxylic acids is 2. The van der Waals surface area contributed by atoms with Gasteiger partial charge in [0.25, 0.3) is 11.8 Å². The molecule has 4 aromatic rings. The molecule has 0 radical (unpaired) electrons.